The minimum atomic E-state index is -0.497. The average Bonchev–Trinajstić information content (AvgIpc) is 3.21. The predicted octanol–water partition coefficient (Wildman–Crippen LogP) is 2.99. The summed E-state index contributed by atoms with van der Waals surface area (Å²) in [6, 6.07) is 5.18. The standard InChI is InChI=1S/C24H27N3O5S/c25-21(28)20-16-5-1-2-6-19(16)33-23(20)26-22(29)15-4-3-9-27(13-15)24(30)14-7-8-17-18(12-14)32-11-10-31-17/h7-8,12,15H,1-6,9-11,13H2,(H2,25,28)(H,26,29)/t15-/m1/s1. The maximum Gasteiger partial charge on any atom is 0.254 e. The van der Waals surface area contributed by atoms with Gasteiger partial charge in [0.2, 0.25) is 5.91 Å². The SMILES string of the molecule is NC(=O)c1c(NC(=O)[C@@H]2CCCN(C(=O)c3ccc4c(c3)OCCO4)C2)sc2c1CCCC2. The van der Waals surface area contributed by atoms with Crippen LogP contribution in [-0.4, -0.2) is 48.9 Å². The molecule has 8 nitrogen and oxygen atoms in total. The highest BCUT2D eigenvalue weighted by Gasteiger charge is 2.31. The maximum atomic E-state index is 13.1. The first kappa shape index (κ1) is 21.8. The van der Waals surface area contributed by atoms with Crippen LogP contribution in [0, 0.1) is 5.92 Å². The number of hydrogen-bond acceptors (Lipinski definition) is 6. The summed E-state index contributed by atoms with van der Waals surface area (Å²) in [6.07, 6.45) is 5.26. The minimum Gasteiger partial charge on any atom is -0.486 e. The molecule has 2 aromatic rings. The van der Waals surface area contributed by atoms with E-state index in [-0.39, 0.29) is 17.7 Å². The van der Waals surface area contributed by atoms with Gasteiger partial charge in [0.1, 0.15) is 18.2 Å². The summed E-state index contributed by atoms with van der Waals surface area (Å²) in [5.41, 5.74) is 7.63. The van der Waals surface area contributed by atoms with E-state index >= 15 is 0 Å². The molecule has 3 amide bonds. The summed E-state index contributed by atoms with van der Waals surface area (Å²) in [6.45, 7) is 1.87. The smallest absolute Gasteiger partial charge is 0.254 e. The monoisotopic (exact) mass is 469 g/mol. The van der Waals surface area contributed by atoms with Gasteiger partial charge in [0.25, 0.3) is 11.8 Å². The molecule has 1 aromatic carbocycles. The Morgan fingerprint density at radius 1 is 1.06 bits per heavy atom. The van der Waals surface area contributed by atoms with Crippen LogP contribution in [0.5, 0.6) is 11.5 Å². The number of ether oxygens (including phenoxy) is 2. The second-order valence-corrected chi connectivity index (χ2v) is 9.82. The Morgan fingerprint density at radius 2 is 1.85 bits per heavy atom. The molecule has 174 valence electrons. The molecule has 2 aliphatic heterocycles. The van der Waals surface area contributed by atoms with Gasteiger partial charge < -0.3 is 25.4 Å². The third-order valence-electron chi connectivity index (χ3n) is 6.52. The first-order valence-corrected chi connectivity index (χ1v) is 12.3. The van der Waals surface area contributed by atoms with Crippen LogP contribution in [0.3, 0.4) is 0 Å². The first-order valence-electron chi connectivity index (χ1n) is 11.5. The number of thiophene rings is 1. The fraction of sp³-hybridized carbons (Fsp3) is 0.458. The lowest BCUT2D eigenvalue weighted by Gasteiger charge is -2.32. The van der Waals surface area contributed by atoms with Crippen molar-refractivity contribution < 1.29 is 23.9 Å². The van der Waals surface area contributed by atoms with Crippen molar-refractivity contribution in [2.45, 2.75) is 38.5 Å². The molecular formula is C24H27N3O5S. The molecule has 3 N–H and O–H groups in total. The van der Waals surface area contributed by atoms with E-state index in [0.717, 1.165) is 42.5 Å². The maximum absolute atomic E-state index is 13.1. The van der Waals surface area contributed by atoms with E-state index in [9.17, 15) is 14.4 Å². The third kappa shape index (κ3) is 4.29. The van der Waals surface area contributed by atoms with Crippen molar-refractivity contribution in [2.24, 2.45) is 11.7 Å². The molecule has 3 heterocycles. The number of likely N-dealkylation sites (tertiary alicyclic amines) is 1. The lowest BCUT2D eigenvalue weighted by Crippen LogP contribution is -2.43. The highest BCUT2D eigenvalue weighted by atomic mass is 32.1. The molecule has 0 spiro atoms. The normalized spacial score (nSPS) is 19.5. The van der Waals surface area contributed by atoms with Crippen molar-refractivity contribution in [1.29, 1.82) is 0 Å². The van der Waals surface area contributed by atoms with Gasteiger partial charge >= 0.3 is 0 Å². The van der Waals surface area contributed by atoms with Crippen LogP contribution in [-0.2, 0) is 17.6 Å². The van der Waals surface area contributed by atoms with Gasteiger partial charge in [-0.3, -0.25) is 14.4 Å². The fourth-order valence-corrected chi connectivity index (χ4v) is 6.16. The molecule has 1 aromatic heterocycles. The van der Waals surface area contributed by atoms with E-state index in [1.54, 1.807) is 23.1 Å². The number of benzene rings is 1. The topological polar surface area (TPSA) is 111 Å². The molecule has 1 aliphatic carbocycles. The van der Waals surface area contributed by atoms with Gasteiger partial charge in [0.15, 0.2) is 11.5 Å². The van der Waals surface area contributed by atoms with Gasteiger partial charge in [-0.05, 0) is 62.3 Å². The van der Waals surface area contributed by atoms with Gasteiger partial charge in [-0.25, -0.2) is 0 Å². The highest BCUT2D eigenvalue weighted by molar-refractivity contribution is 7.17. The number of hydrogen-bond donors (Lipinski definition) is 2. The average molecular weight is 470 g/mol. The zero-order valence-electron chi connectivity index (χ0n) is 18.4. The number of anilines is 1. The Kier molecular flexibility index (Phi) is 5.97. The molecule has 3 aliphatic rings. The first-order chi connectivity index (χ1) is 16.0. The van der Waals surface area contributed by atoms with Crippen molar-refractivity contribution in [3.8, 4) is 11.5 Å². The Labute approximate surface area is 196 Å². The number of carbonyl (C=O) groups excluding carboxylic acids is 3. The molecule has 1 atom stereocenters. The van der Waals surface area contributed by atoms with Crippen molar-refractivity contribution in [3.63, 3.8) is 0 Å². The van der Waals surface area contributed by atoms with E-state index < -0.39 is 5.91 Å². The van der Waals surface area contributed by atoms with Crippen LogP contribution >= 0.6 is 11.3 Å². The van der Waals surface area contributed by atoms with Crippen LogP contribution in [0.15, 0.2) is 18.2 Å². The Morgan fingerprint density at radius 3 is 2.67 bits per heavy atom. The minimum absolute atomic E-state index is 0.131. The van der Waals surface area contributed by atoms with E-state index in [2.05, 4.69) is 5.32 Å². The Hall–Kier alpha value is -3.07. The summed E-state index contributed by atoms with van der Waals surface area (Å²) in [7, 11) is 0. The highest BCUT2D eigenvalue weighted by Crippen LogP contribution is 2.38. The number of nitrogens with one attached hydrogen (secondary N) is 1. The molecular weight excluding hydrogens is 442 g/mol. The zero-order chi connectivity index (χ0) is 22.9. The van der Waals surface area contributed by atoms with Crippen molar-refractivity contribution in [3.05, 3.63) is 39.8 Å². The van der Waals surface area contributed by atoms with Crippen LogP contribution in [0.25, 0.3) is 0 Å². The molecule has 33 heavy (non-hydrogen) atoms. The molecule has 0 unspecified atom stereocenters. The molecule has 1 saturated heterocycles. The van der Waals surface area contributed by atoms with E-state index in [1.807, 2.05) is 0 Å². The molecule has 5 rings (SSSR count). The van der Waals surface area contributed by atoms with Crippen LogP contribution in [0.1, 0.15) is 56.8 Å². The van der Waals surface area contributed by atoms with Crippen LogP contribution < -0.4 is 20.5 Å². The summed E-state index contributed by atoms with van der Waals surface area (Å²) in [5.74, 6) is 0.0600. The number of rotatable bonds is 4. The Bertz CT molecular complexity index is 1110. The second-order valence-electron chi connectivity index (χ2n) is 8.72. The summed E-state index contributed by atoms with van der Waals surface area (Å²) < 4.78 is 11.1. The van der Waals surface area contributed by atoms with E-state index in [4.69, 9.17) is 15.2 Å². The largest absolute Gasteiger partial charge is 0.486 e. The van der Waals surface area contributed by atoms with Crippen molar-refractivity contribution >= 4 is 34.1 Å². The molecule has 1 fully saturated rings. The fourth-order valence-electron chi connectivity index (χ4n) is 4.86. The number of primary amides is 1. The summed E-state index contributed by atoms with van der Waals surface area (Å²) in [5, 5.41) is 3.51. The van der Waals surface area contributed by atoms with E-state index in [0.29, 0.717) is 60.4 Å². The van der Waals surface area contributed by atoms with Gasteiger partial charge in [-0.2, -0.15) is 0 Å². The van der Waals surface area contributed by atoms with Crippen LogP contribution in [0.4, 0.5) is 5.00 Å². The van der Waals surface area contributed by atoms with E-state index in [1.165, 1.54) is 11.3 Å². The third-order valence-corrected chi connectivity index (χ3v) is 7.73. The predicted molar refractivity (Wildman–Crippen MR) is 124 cm³/mol. The number of carbonyl (C=O) groups is 3. The van der Waals surface area contributed by atoms with Gasteiger partial charge in [0, 0.05) is 23.5 Å². The second kappa shape index (κ2) is 9.05. The summed E-state index contributed by atoms with van der Waals surface area (Å²) in [4.78, 5) is 41.2. The number of nitrogens with two attached hydrogens (primary N) is 1. The number of nitrogens with zero attached hydrogens (tertiary/aromatic N) is 1. The quantitative estimate of drug-likeness (QED) is 0.715. The van der Waals surface area contributed by atoms with Gasteiger partial charge in [-0.15, -0.1) is 11.3 Å². The molecule has 0 bridgehead atoms. The molecule has 0 saturated carbocycles. The van der Waals surface area contributed by atoms with Gasteiger partial charge in [-0.1, -0.05) is 0 Å². The lowest BCUT2D eigenvalue weighted by atomic mass is 9.94. The zero-order valence-corrected chi connectivity index (χ0v) is 19.2. The number of amides is 3. The van der Waals surface area contributed by atoms with Gasteiger partial charge in [0.05, 0.1) is 11.5 Å². The van der Waals surface area contributed by atoms with Crippen molar-refractivity contribution in [1.82, 2.24) is 4.90 Å². The number of aryl methyl sites for hydroxylation is 1. The Balaban J connectivity index is 1.29. The molecule has 9 heteroatoms. The molecule has 0 radical (unpaired) electrons. The number of fused-ring (bicyclic) bond motifs is 2. The lowest BCUT2D eigenvalue weighted by molar-refractivity contribution is -0.121. The van der Waals surface area contributed by atoms with Crippen LogP contribution in [0.2, 0.25) is 0 Å². The number of piperidine rings is 1. The summed E-state index contributed by atoms with van der Waals surface area (Å²) >= 11 is 1.46. The van der Waals surface area contributed by atoms with Crippen molar-refractivity contribution in [2.75, 3.05) is 31.6 Å².